The molecule has 2 aromatic heterocycles. The molecule has 0 atom stereocenters. The van der Waals surface area contributed by atoms with E-state index in [0.717, 1.165) is 27.1 Å². The van der Waals surface area contributed by atoms with Crippen molar-refractivity contribution in [3.8, 4) is 16.9 Å². The first kappa shape index (κ1) is 16.9. The predicted octanol–water partition coefficient (Wildman–Crippen LogP) is 2.59. The van der Waals surface area contributed by atoms with Gasteiger partial charge in [0, 0.05) is 25.9 Å². The zero-order chi connectivity index (χ0) is 19.3. The van der Waals surface area contributed by atoms with Crippen LogP contribution in [0.15, 0.2) is 64.3 Å². The Morgan fingerprint density at radius 3 is 2.26 bits per heavy atom. The van der Waals surface area contributed by atoms with E-state index in [0.29, 0.717) is 16.6 Å². The van der Waals surface area contributed by atoms with Gasteiger partial charge in [-0.05, 0) is 24.6 Å². The van der Waals surface area contributed by atoms with Crippen LogP contribution in [0.4, 0.5) is 5.69 Å². The Morgan fingerprint density at radius 1 is 0.889 bits per heavy atom. The smallest absolute Gasteiger partial charge is 0.330 e. The molecule has 0 saturated heterocycles. The number of nitrogens with zero attached hydrogens (tertiary/aromatic N) is 3. The molecule has 136 valence electrons. The van der Waals surface area contributed by atoms with Gasteiger partial charge in [-0.25, -0.2) is 4.79 Å². The normalized spacial score (nSPS) is 11.2. The van der Waals surface area contributed by atoms with Crippen LogP contribution in [0.2, 0.25) is 0 Å². The van der Waals surface area contributed by atoms with E-state index in [9.17, 15) is 9.59 Å². The molecule has 0 spiro atoms. The fourth-order valence-electron chi connectivity index (χ4n) is 3.54. The van der Waals surface area contributed by atoms with Gasteiger partial charge in [-0.2, -0.15) is 0 Å². The second-order valence-corrected chi connectivity index (χ2v) is 6.69. The number of benzene rings is 2. The molecule has 0 unspecified atom stereocenters. The highest BCUT2D eigenvalue weighted by Crippen LogP contribution is 2.34. The minimum Gasteiger partial charge on any atom is -0.397 e. The minimum atomic E-state index is -0.359. The average molecular weight is 360 g/mol. The van der Waals surface area contributed by atoms with E-state index in [2.05, 4.69) is 0 Å². The van der Waals surface area contributed by atoms with Crippen LogP contribution in [0, 0.1) is 6.92 Å². The molecule has 0 aliphatic heterocycles. The molecule has 0 aliphatic rings. The quantitative estimate of drug-likeness (QED) is 0.558. The molecular formula is C21H20N4O2. The lowest BCUT2D eigenvalue weighted by molar-refractivity contribution is 0.714. The van der Waals surface area contributed by atoms with E-state index in [1.54, 1.807) is 7.05 Å². The Kier molecular flexibility index (Phi) is 3.77. The lowest BCUT2D eigenvalue weighted by atomic mass is 10.0. The number of aryl methyl sites for hydroxylation is 2. The summed E-state index contributed by atoms with van der Waals surface area (Å²) < 4.78 is 4.54. The maximum absolute atomic E-state index is 13.0. The zero-order valence-electron chi connectivity index (χ0n) is 15.4. The molecule has 6 nitrogen and oxygen atoms in total. The molecule has 6 heteroatoms. The summed E-state index contributed by atoms with van der Waals surface area (Å²) in [6.45, 7) is 2.00. The zero-order valence-corrected chi connectivity index (χ0v) is 15.4. The van der Waals surface area contributed by atoms with E-state index in [1.165, 1.54) is 11.6 Å². The van der Waals surface area contributed by atoms with Gasteiger partial charge < -0.3 is 10.3 Å². The van der Waals surface area contributed by atoms with Gasteiger partial charge in [0.1, 0.15) is 0 Å². The third-order valence-electron chi connectivity index (χ3n) is 5.04. The Morgan fingerprint density at radius 2 is 1.56 bits per heavy atom. The Bertz CT molecular complexity index is 1310. The second kappa shape index (κ2) is 6.02. The van der Waals surface area contributed by atoms with Gasteiger partial charge >= 0.3 is 5.69 Å². The van der Waals surface area contributed by atoms with Crippen molar-refractivity contribution in [2.24, 2.45) is 14.1 Å². The van der Waals surface area contributed by atoms with Crippen LogP contribution in [0.25, 0.3) is 27.8 Å². The van der Waals surface area contributed by atoms with Crippen LogP contribution < -0.4 is 17.0 Å². The van der Waals surface area contributed by atoms with Crippen LogP contribution in [0.3, 0.4) is 0 Å². The highest BCUT2D eigenvalue weighted by atomic mass is 16.2. The SMILES string of the molecule is Cc1ccccc1-c1c2c(=O)n(C)c(=O)n(C)c2cn1-c1ccccc1N. The fraction of sp³-hybridized carbons (Fsp3) is 0.143. The highest BCUT2D eigenvalue weighted by molar-refractivity contribution is 5.96. The van der Waals surface area contributed by atoms with E-state index in [-0.39, 0.29) is 11.2 Å². The monoisotopic (exact) mass is 360 g/mol. The van der Waals surface area contributed by atoms with Gasteiger partial charge in [0.05, 0.1) is 28.0 Å². The largest absolute Gasteiger partial charge is 0.397 e. The maximum Gasteiger partial charge on any atom is 0.330 e. The summed E-state index contributed by atoms with van der Waals surface area (Å²) in [5.41, 5.74) is 10.2. The molecule has 27 heavy (non-hydrogen) atoms. The van der Waals surface area contributed by atoms with E-state index >= 15 is 0 Å². The average Bonchev–Trinajstić information content (AvgIpc) is 3.05. The lowest BCUT2D eigenvalue weighted by Crippen LogP contribution is -2.36. The number of aromatic nitrogens is 3. The number of hydrogen-bond donors (Lipinski definition) is 1. The van der Waals surface area contributed by atoms with E-state index in [1.807, 2.05) is 66.2 Å². The Balaban J connectivity index is 2.28. The summed E-state index contributed by atoms with van der Waals surface area (Å²) in [6, 6.07) is 15.4. The summed E-state index contributed by atoms with van der Waals surface area (Å²) in [7, 11) is 3.17. The first-order valence-electron chi connectivity index (χ1n) is 8.63. The number of anilines is 1. The molecule has 0 fully saturated rings. The van der Waals surface area contributed by atoms with Crippen molar-refractivity contribution in [3.05, 3.63) is 81.1 Å². The van der Waals surface area contributed by atoms with Crippen molar-refractivity contribution < 1.29 is 0 Å². The molecule has 0 saturated carbocycles. The molecule has 2 aromatic carbocycles. The molecule has 0 amide bonds. The Hall–Kier alpha value is -3.54. The molecule has 4 aromatic rings. The van der Waals surface area contributed by atoms with Crippen molar-refractivity contribution in [3.63, 3.8) is 0 Å². The van der Waals surface area contributed by atoms with Gasteiger partial charge in [0.2, 0.25) is 0 Å². The van der Waals surface area contributed by atoms with Gasteiger partial charge in [0.15, 0.2) is 0 Å². The highest BCUT2D eigenvalue weighted by Gasteiger charge is 2.21. The number of nitrogens with two attached hydrogens (primary N) is 1. The summed E-state index contributed by atoms with van der Waals surface area (Å²) in [5.74, 6) is 0. The third kappa shape index (κ3) is 2.41. The molecular weight excluding hydrogens is 340 g/mol. The van der Waals surface area contributed by atoms with Gasteiger partial charge in [-0.3, -0.25) is 13.9 Å². The fourth-order valence-corrected chi connectivity index (χ4v) is 3.54. The summed E-state index contributed by atoms with van der Waals surface area (Å²) in [4.78, 5) is 25.5. The second-order valence-electron chi connectivity index (χ2n) is 6.69. The molecule has 0 aliphatic carbocycles. The van der Waals surface area contributed by atoms with Crippen molar-refractivity contribution in [1.82, 2.24) is 13.7 Å². The van der Waals surface area contributed by atoms with Crippen molar-refractivity contribution in [2.75, 3.05) is 5.73 Å². The van der Waals surface area contributed by atoms with Gasteiger partial charge in [0.25, 0.3) is 5.56 Å². The number of nitrogen functional groups attached to an aromatic ring is 1. The first-order valence-corrected chi connectivity index (χ1v) is 8.63. The number of rotatable bonds is 2. The standard InChI is InChI=1S/C21H20N4O2/c1-13-8-4-5-9-14(13)19-18-17(23(2)21(27)24(3)20(18)26)12-25(19)16-11-7-6-10-15(16)22/h4-12H,22H2,1-3H3. The maximum atomic E-state index is 13.0. The first-order chi connectivity index (χ1) is 12.9. The van der Waals surface area contributed by atoms with Crippen molar-refractivity contribution in [2.45, 2.75) is 6.92 Å². The number of fused-ring (bicyclic) bond motifs is 1. The predicted molar refractivity (Wildman–Crippen MR) is 108 cm³/mol. The summed E-state index contributed by atoms with van der Waals surface area (Å²) >= 11 is 0. The molecule has 2 N–H and O–H groups in total. The van der Waals surface area contributed by atoms with Crippen LogP contribution in [0.5, 0.6) is 0 Å². The Labute approximate surface area is 155 Å². The van der Waals surface area contributed by atoms with Gasteiger partial charge in [-0.15, -0.1) is 0 Å². The number of para-hydroxylation sites is 2. The lowest BCUT2D eigenvalue weighted by Gasteiger charge is -2.13. The summed E-state index contributed by atoms with van der Waals surface area (Å²) in [5, 5.41) is 0.497. The van der Waals surface area contributed by atoms with E-state index in [4.69, 9.17) is 5.73 Å². The van der Waals surface area contributed by atoms with Crippen LogP contribution >= 0.6 is 0 Å². The minimum absolute atomic E-state index is 0.320. The number of hydrogen-bond acceptors (Lipinski definition) is 3. The van der Waals surface area contributed by atoms with Crippen molar-refractivity contribution in [1.29, 1.82) is 0 Å². The van der Waals surface area contributed by atoms with Crippen molar-refractivity contribution >= 4 is 16.6 Å². The van der Waals surface area contributed by atoms with Crippen LogP contribution in [0.1, 0.15) is 5.56 Å². The molecule has 0 bridgehead atoms. The third-order valence-corrected chi connectivity index (χ3v) is 5.04. The molecule has 0 radical (unpaired) electrons. The molecule has 2 heterocycles. The van der Waals surface area contributed by atoms with Crippen LogP contribution in [-0.4, -0.2) is 13.7 Å². The van der Waals surface area contributed by atoms with Gasteiger partial charge in [-0.1, -0.05) is 36.4 Å². The van der Waals surface area contributed by atoms with Crippen LogP contribution in [-0.2, 0) is 14.1 Å². The van der Waals surface area contributed by atoms with E-state index < -0.39 is 0 Å². The summed E-state index contributed by atoms with van der Waals surface area (Å²) in [6.07, 6.45) is 1.81. The topological polar surface area (TPSA) is 75.0 Å². The molecule has 4 rings (SSSR count).